The fourth-order valence-corrected chi connectivity index (χ4v) is 2.47. The number of carbonyl (C=O) groups excluding carboxylic acids is 1. The van der Waals surface area contributed by atoms with E-state index in [-0.39, 0.29) is 11.9 Å². The molecule has 0 spiro atoms. The number of benzene rings is 1. The zero-order chi connectivity index (χ0) is 15.8. The molecule has 1 fully saturated rings. The number of nitrogens with one attached hydrogen (secondary N) is 2. The topological polar surface area (TPSA) is 68.8 Å². The SMILES string of the molecule is COCCOc1cc(NC(=O)CC2CCCN2)ccc1OC. The van der Waals surface area contributed by atoms with Gasteiger partial charge in [0, 0.05) is 31.3 Å². The van der Waals surface area contributed by atoms with Crippen LogP contribution in [0.15, 0.2) is 18.2 Å². The van der Waals surface area contributed by atoms with Gasteiger partial charge in [-0.3, -0.25) is 4.79 Å². The molecule has 0 aliphatic carbocycles. The van der Waals surface area contributed by atoms with Crippen LogP contribution in [0.5, 0.6) is 11.5 Å². The summed E-state index contributed by atoms with van der Waals surface area (Å²) in [5.41, 5.74) is 0.705. The first kappa shape index (κ1) is 16.6. The van der Waals surface area contributed by atoms with E-state index in [1.807, 2.05) is 6.07 Å². The monoisotopic (exact) mass is 308 g/mol. The second kappa shape index (κ2) is 8.60. The van der Waals surface area contributed by atoms with Gasteiger partial charge in [0.25, 0.3) is 0 Å². The minimum Gasteiger partial charge on any atom is -0.493 e. The van der Waals surface area contributed by atoms with Crippen LogP contribution in [0.4, 0.5) is 5.69 Å². The average molecular weight is 308 g/mol. The molecule has 1 aromatic rings. The Balaban J connectivity index is 1.94. The lowest BCUT2D eigenvalue weighted by Crippen LogP contribution is -2.27. The summed E-state index contributed by atoms with van der Waals surface area (Å²) < 4.78 is 15.8. The number of carbonyl (C=O) groups is 1. The van der Waals surface area contributed by atoms with E-state index in [9.17, 15) is 4.79 Å². The molecule has 1 aliphatic rings. The summed E-state index contributed by atoms with van der Waals surface area (Å²) in [6, 6.07) is 5.65. The van der Waals surface area contributed by atoms with Gasteiger partial charge in [-0.2, -0.15) is 0 Å². The number of anilines is 1. The van der Waals surface area contributed by atoms with Crippen LogP contribution in [0, 0.1) is 0 Å². The van der Waals surface area contributed by atoms with Crippen LogP contribution in [-0.4, -0.2) is 45.9 Å². The van der Waals surface area contributed by atoms with Gasteiger partial charge in [-0.05, 0) is 31.5 Å². The summed E-state index contributed by atoms with van der Waals surface area (Å²) in [7, 11) is 3.21. The predicted molar refractivity (Wildman–Crippen MR) is 84.6 cm³/mol. The van der Waals surface area contributed by atoms with Gasteiger partial charge < -0.3 is 24.8 Å². The van der Waals surface area contributed by atoms with Gasteiger partial charge in [-0.15, -0.1) is 0 Å². The Morgan fingerprint density at radius 2 is 2.18 bits per heavy atom. The van der Waals surface area contributed by atoms with Crippen LogP contribution in [-0.2, 0) is 9.53 Å². The van der Waals surface area contributed by atoms with Gasteiger partial charge in [0.1, 0.15) is 6.61 Å². The van der Waals surface area contributed by atoms with Crippen molar-refractivity contribution in [1.29, 1.82) is 0 Å². The van der Waals surface area contributed by atoms with Crippen molar-refractivity contribution in [2.75, 3.05) is 39.3 Å². The first-order valence-corrected chi connectivity index (χ1v) is 7.56. The van der Waals surface area contributed by atoms with Gasteiger partial charge in [-0.25, -0.2) is 0 Å². The zero-order valence-electron chi connectivity index (χ0n) is 13.2. The number of hydrogen-bond acceptors (Lipinski definition) is 5. The Kier molecular flexibility index (Phi) is 6.48. The summed E-state index contributed by atoms with van der Waals surface area (Å²) in [4.78, 5) is 12.1. The van der Waals surface area contributed by atoms with Crippen LogP contribution in [0.2, 0.25) is 0 Å². The summed E-state index contributed by atoms with van der Waals surface area (Å²) >= 11 is 0. The lowest BCUT2D eigenvalue weighted by molar-refractivity contribution is -0.116. The lowest BCUT2D eigenvalue weighted by Gasteiger charge is -2.14. The maximum absolute atomic E-state index is 12.1. The maximum atomic E-state index is 12.1. The van der Waals surface area contributed by atoms with Crippen molar-refractivity contribution < 1.29 is 19.0 Å². The predicted octanol–water partition coefficient (Wildman–Crippen LogP) is 1.80. The van der Waals surface area contributed by atoms with Crippen molar-refractivity contribution in [1.82, 2.24) is 5.32 Å². The fraction of sp³-hybridized carbons (Fsp3) is 0.562. The molecule has 6 nitrogen and oxygen atoms in total. The number of rotatable bonds is 8. The van der Waals surface area contributed by atoms with Crippen LogP contribution in [0.25, 0.3) is 0 Å². The molecule has 1 aromatic carbocycles. The molecule has 1 saturated heterocycles. The Morgan fingerprint density at radius 1 is 1.32 bits per heavy atom. The zero-order valence-corrected chi connectivity index (χ0v) is 13.2. The standard InChI is InChI=1S/C16H24N2O4/c1-20-8-9-22-15-10-13(5-6-14(15)21-2)18-16(19)11-12-4-3-7-17-12/h5-6,10,12,17H,3-4,7-9,11H2,1-2H3,(H,18,19). The number of hydrogen-bond donors (Lipinski definition) is 2. The van der Waals surface area contributed by atoms with Crippen LogP contribution in [0.3, 0.4) is 0 Å². The minimum atomic E-state index is 0.00686. The molecule has 0 aromatic heterocycles. The molecule has 2 rings (SSSR count). The molecule has 1 heterocycles. The van der Waals surface area contributed by atoms with Gasteiger partial charge >= 0.3 is 0 Å². The summed E-state index contributed by atoms with van der Waals surface area (Å²) in [5, 5.41) is 6.22. The van der Waals surface area contributed by atoms with Crippen LogP contribution < -0.4 is 20.1 Å². The van der Waals surface area contributed by atoms with E-state index in [1.165, 1.54) is 0 Å². The quantitative estimate of drug-likeness (QED) is 0.717. The highest BCUT2D eigenvalue weighted by atomic mass is 16.5. The Labute approximate surface area is 131 Å². The Hall–Kier alpha value is -1.79. The smallest absolute Gasteiger partial charge is 0.225 e. The molecule has 22 heavy (non-hydrogen) atoms. The molecule has 0 saturated carbocycles. The van der Waals surface area contributed by atoms with Gasteiger partial charge in [0.15, 0.2) is 11.5 Å². The van der Waals surface area contributed by atoms with E-state index in [4.69, 9.17) is 14.2 Å². The fourth-order valence-electron chi connectivity index (χ4n) is 2.47. The molecule has 2 N–H and O–H groups in total. The number of amides is 1. The van der Waals surface area contributed by atoms with Gasteiger partial charge in [0.05, 0.1) is 13.7 Å². The molecule has 1 atom stereocenters. The van der Waals surface area contributed by atoms with Gasteiger partial charge in [-0.1, -0.05) is 0 Å². The third-order valence-electron chi connectivity index (χ3n) is 3.59. The van der Waals surface area contributed by atoms with Crippen molar-refractivity contribution in [2.45, 2.75) is 25.3 Å². The minimum absolute atomic E-state index is 0.00686. The third kappa shape index (κ3) is 4.89. The first-order chi connectivity index (χ1) is 10.7. The van der Waals surface area contributed by atoms with Crippen molar-refractivity contribution >= 4 is 11.6 Å². The van der Waals surface area contributed by atoms with E-state index < -0.39 is 0 Å². The largest absolute Gasteiger partial charge is 0.493 e. The highest BCUT2D eigenvalue weighted by Crippen LogP contribution is 2.30. The second-order valence-electron chi connectivity index (χ2n) is 5.25. The van der Waals surface area contributed by atoms with Crippen molar-refractivity contribution in [3.05, 3.63) is 18.2 Å². The highest BCUT2D eigenvalue weighted by molar-refractivity contribution is 5.91. The third-order valence-corrected chi connectivity index (χ3v) is 3.59. The Bertz CT molecular complexity index is 487. The Morgan fingerprint density at radius 3 is 2.86 bits per heavy atom. The van der Waals surface area contributed by atoms with E-state index >= 15 is 0 Å². The number of methoxy groups -OCH3 is 2. The molecular formula is C16H24N2O4. The molecule has 1 amide bonds. The van der Waals surface area contributed by atoms with E-state index in [2.05, 4.69) is 10.6 Å². The molecule has 1 unspecified atom stereocenters. The van der Waals surface area contributed by atoms with E-state index in [1.54, 1.807) is 26.4 Å². The normalized spacial score (nSPS) is 17.3. The lowest BCUT2D eigenvalue weighted by atomic mass is 10.1. The molecule has 1 aliphatic heterocycles. The second-order valence-corrected chi connectivity index (χ2v) is 5.25. The van der Waals surface area contributed by atoms with E-state index in [0.29, 0.717) is 36.8 Å². The van der Waals surface area contributed by atoms with Crippen LogP contribution in [0.1, 0.15) is 19.3 Å². The average Bonchev–Trinajstić information content (AvgIpc) is 3.00. The van der Waals surface area contributed by atoms with Crippen molar-refractivity contribution in [3.63, 3.8) is 0 Å². The number of ether oxygens (including phenoxy) is 3. The first-order valence-electron chi connectivity index (χ1n) is 7.56. The molecule has 6 heteroatoms. The summed E-state index contributed by atoms with van der Waals surface area (Å²) in [6.07, 6.45) is 2.69. The van der Waals surface area contributed by atoms with Crippen molar-refractivity contribution in [3.8, 4) is 11.5 Å². The van der Waals surface area contributed by atoms with Crippen molar-refractivity contribution in [2.24, 2.45) is 0 Å². The molecular weight excluding hydrogens is 284 g/mol. The molecule has 0 radical (unpaired) electrons. The molecule has 0 bridgehead atoms. The molecule has 122 valence electrons. The summed E-state index contributed by atoms with van der Waals surface area (Å²) in [6.45, 7) is 1.92. The van der Waals surface area contributed by atoms with E-state index in [0.717, 1.165) is 19.4 Å². The van der Waals surface area contributed by atoms with Crippen LogP contribution >= 0.6 is 0 Å². The van der Waals surface area contributed by atoms with Gasteiger partial charge in [0.2, 0.25) is 5.91 Å². The summed E-state index contributed by atoms with van der Waals surface area (Å²) in [5.74, 6) is 1.23. The maximum Gasteiger partial charge on any atom is 0.225 e. The highest BCUT2D eigenvalue weighted by Gasteiger charge is 2.18.